The van der Waals surface area contributed by atoms with Crippen LogP contribution >= 0.6 is 0 Å². The van der Waals surface area contributed by atoms with Gasteiger partial charge in [-0.15, -0.1) is 0 Å². The Kier molecular flexibility index (Phi) is 6.45. The maximum atomic E-state index is 9.84. The second kappa shape index (κ2) is 8.37. The zero-order valence-corrected chi connectivity index (χ0v) is 15.4. The minimum absolute atomic E-state index is 0.449. The van der Waals surface area contributed by atoms with Gasteiger partial charge in [-0.1, -0.05) is 38.1 Å². The van der Waals surface area contributed by atoms with E-state index in [0.29, 0.717) is 24.3 Å². The highest BCUT2D eigenvalue weighted by Crippen LogP contribution is 2.26. The fourth-order valence-corrected chi connectivity index (χ4v) is 2.58. The second-order valence-corrected chi connectivity index (χ2v) is 6.59. The van der Waals surface area contributed by atoms with Crippen molar-refractivity contribution >= 4 is 0 Å². The summed E-state index contributed by atoms with van der Waals surface area (Å²) in [6, 6.07) is 14.8. The molecular weight excluding hydrogens is 316 g/mol. The standard InChI is InChI=1S/C21H28O4/c1-5-19(22)15-7-11-17(12-8-15)24-21(3,4)25-18-13-9-16(10-14-18)20(23)6-2/h7-14,19-20,22-23H,5-6H2,1-4H3. The highest BCUT2D eigenvalue weighted by molar-refractivity contribution is 5.30. The molecule has 2 aromatic carbocycles. The number of hydrogen-bond acceptors (Lipinski definition) is 4. The zero-order chi connectivity index (χ0) is 18.4. The summed E-state index contributed by atoms with van der Waals surface area (Å²) in [5.41, 5.74) is 1.75. The number of aliphatic hydroxyl groups is 2. The average Bonchev–Trinajstić information content (AvgIpc) is 2.61. The lowest BCUT2D eigenvalue weighted by Gasteiger charge is -2.27. The van der Waals surface area contributed by atoms with Crippen molar-refractivity contribution in [3.05, 3.63) is 59.7 Å². The Morgan fingerprint density at radius 3 is 1.32 bits per heavy atom. The summed E-state index contributed by atoms with van der Waals surface area (Å²) < 4.78 is 11.8. The van der Waals surface area contributed by atoms with Gasteiger partial charge in [-0.05, 0) is 48.2 Å². The normalized spacial score (nSPS) is 14.0. The fraction of sp³-hybridized carbons (Fsp3) is 0.429. The summed E-state index contributed by atoms with van der Waals surface area (Å²) in [5.74, 6) is 0.501. The first-order chi connectivity index (χ1) is 11.8. The van der Waals surface area contributed by atoms with E-state index in [2.05, 4.69) is 0 Å². The number of ether oxygens (including phenoxy) is 2. The molecule has 0 bridgehead atoms. The van der Waals surface area contributed by atoms with E-state index in [1.807, 2.05) is 76.2 Å². The van der Waals surface area contributed by atoms with Crippen LogP contribution in [0, 0.1) is 0 Å². The van der Waals surface area contributed by atoms with Crippen molar-refractivity contribution in [3.8, 4) is 11.5 Å². The van der Waals surface area contributed by atoms with Crippen molar-refractivity contribution < 1.29 is 19.7 Å². The highest BCUT2D eigenvalue weighted by Gasteiger charge is 2.22. The highest BCUT2D eigenvalue weighted by atomic mass is 16.7. The van der Waals surface area contributed by atoms with Crippen LogP contribution in [0.3, 0.4) is 0 Å². The third-order valence-corrected chi connectivity index (χ3v) is 4.03. The summed E-state index contributed by atoms with van der Waals surface area (Å²) in [6.07, 6.45) is 0.459. The van der Waals surface area contributed by atoms with Gasteiger partial charge in [0.1, 0.15) is 11.5 Å². The molecule has 2 rings (SSSR count). The van der Waals surface area contributed by atoms with Crippen LogP contribution < -0.4 is 9.47 Å². The summed E-state index contributed by atoms with van der Waals surface area (Å²) in [6.45, 7) is 7.57. The van der Waals surface area contributed by atoms with E-state index >= 15 is 0 Å². The van der Waals surface area contributed by atoms with E-state index in [-0.39, 0.29) is 0 Å². The molecule has 0 spiro atoms. The summed E-state index contributed by atoms with van der Waals surface area (Å²) in [4.78, 5) is 0. The SMILES string of the molecule is CCC(O)c1ccc(OC(C)(C)Oc2ccc(C(O)CC)cc2)cc1. The van der Waals surface area contributed by atoms with Crippen LogP contribution in [0.25, 0.3) is 0 Å². The molecule has 0 radical (unpaired) electrons. The molecule has 2 atom stereocenters. The van der Waals surface area contributed by atoms with E-state index in [9.17, 15) is 10.2 Å². The van der Waals surface area contributed by atoms with Crippen LogP contribution in [-0.4, -0.2) is 16.0 Å². The van der Waals surface area contributed by atoms with Gasteiger partial charge in [0.2, 0.25) is 5.79 Å². The van der Waals surface area contributed by atoms with Gasteiger partial charge in [0.25, 0.3) is 0 Å². The number of benzene rings is 2. The molecule has 4 heteroatoms. The first kappa shape index (κ1) is 19.3. The van der Waals surface area contributed by atoms with Crippen LogP contribution in [0.2, 0.25) is 0 Å². The Morgan fingerprint density at radius 1 is 0.720 bits per heavy atom. The first-order valence-corrected chi connectivity index (χ1v) is 8.78. The number of aliphatic hydroxyl groups excluding tert-OH is 2. The monoisotopic (exact) mass is 344 g/mol. The molecule has 2 aromatic rings. The summed E-state index contributed by atoms with van der Waals surface area (Å²) in [5, 5.41) is 19.7. The molecule has 4 nitrogen and oxygen atoms in total. The maximum Gasteiger partial charge on any atom is 0.245 e. The van der Waals surface area contributed by atoms with Crippen LogP contribution in [0.4, 0.5) is 0 Å². The van der Waals surface area contributed by atoms with E-state index in [1.165, 1.54) is 0 Å². The van der Waals surface area contributed by atoms with E-state index < -0.39 is 18.0 Å². The average molecular weight is 344 g/mol. The van der Waals surface area contributed by atoms with Crippen molar-refractivity contribution in [2.75, 3.05) is 0 Å². The molecule has 0 saturated heterocycles. The van der Waals surface area contributed by atoms with Crippen molar-refractivity contribution in [2.45, 2.75) is 58.5 Å². The molecular formula is C21H28O4. The topological polar surface area (TPSA) is 58.9 Å². The predicted octanol–water partition coefficient (Wildman–Crippen LogP) is 4.77. The lowest BCUT2D eigenvalue weighted by Crippen LogP contribution is -2.35. The molecule has 0 aromatic heterocycles. The summed E-state index contributed by atoms with van der Waals surface area (Å²) >= 11 is 0. The minimum atomic E-state index is -0.851. The van der Waals surface area contributed by atoms with Gasteiger partial charge in [-0.3, -0.25) is 0 Å². The third-order valence-electron chi connectivity index (χ3n) is 4.03. The van der Waals surface area contributed by atoms with Crippen LogP contribution in [0.1, 0.15) is 63.9 Å². The number of rotatable bonds is 8. The molecule has 0 aliphatic heterocycles. The van der Waals surface area contributed by atoms with Gasteiger partial charge >= 0.3 is 0 Å². The van der Waals surface area contributed by atoms with Gasteiger partial charge in [-0.25, -0.2) is 0 Å². The Labute approximate surface area is 150 Å². The van der Waals surface area contributed by atoms with Gasteiger partial charge in [0, 0.05) is 13.8 Å². The summed E-state index contributed by atoms with van der Waals surface area (Å²) in [7, 11) is 0. The molecule has 0 heterocycles. The molecule has 0 fully saturated rings. The molecule has 25 heavy (non-hydrogen) atoms. The minimum Gasteiger partial charge on any atom is -0.453 e. The van der Waals surface area contributed by atoms with Gasteiger partial charge in [0.15, 0.2) is 0 Å². The molecule has 0 saturated carbocycles. The molecule has 2 N–H and O–H groups in total. The maximum absolute atomic E-state index is 9.84. The Morgan fingerprint density at radius 2 is 1.04 bits per heavy atom. The van der Waals surface area contributed by atoms with E-state index in [1.54, 1.807) is 0 Å². The lowest BCUT2D eigenvalue weighted by molar-refractivity contribution is -0.0810. The zero-order valence-electron chi connectivity index (χ0n) is 15.4. The van der Waals surface area contributed by atoms with Crippen LogP contribution in [0.5, 0.6) is 11.5 Å². The molecule has 0 aliphatic rings. The Balaban J connectivity index is 2.01. The van der Waals surface area contributed by atoms with Crippen molar-refractivity contribution in [1.82, 2.24) is 0 Å². The van der Waals surface area contributed by atoms with Gasteiger partial charge < -0.3 is 19.7 Å². The molecule has 2 unspecified atom stereocenters. The largest absolute Gasteiger partial charge is 0.453 e. The Bertz CT molecular complexity index is 589. The van der Waals surface area contributed by atoms with Crippen molar-refractivity contribution in [2.24, 2.45) is 0 Å². The first-order valence-electron chi connectivity index (χ1n) is 8.78. The second-order valence-electron chi connectivity index (χ2n) is 6.59. The lowest BCUT2D eigenvalue weighted by atomic mass is 10.1. The van der Waals surface area contributed by atoms with Gasteiger partial charge in [0.05, 0.1) is 12.2 Å². The van der Waals surface area contributed by atoms with Crippen molar-refractivity contribution in [3.63, 3.8) is 0 Å². The Hall–Kier alpha value is -2.04. The smallest absolute Gasteiger partial charge is 0.245 e. The molecule has 136 valence electrons. The van der Waals surface area contributed by atoms with E-state index in [0.717, 1.165) is 11.1 Å². The predicted molar refractivity (Wildman–Crippen MR) is 98.7 cm³/mol. The van der Waals surface area contributed by atoms with Gasteiger partial charge in [-0.2, -0.15) is 0 Å². The third kappa shape index (κ3) is 5.48. The van der Waals surface area contributed by atoms with Crippen LogP contribution in [-0.2, 0) is 0 Å². The fourth-order valence-electron chi connectivity index (χ4n) is 2.58. The van der Waals surface area contributed by atoms with Crippen LogP contribution in [0.15, 0.2) is 48.5 Å². The van der Waals surface area contributed by atoms with Crippen molar-refractivity contribution in [1.29, 1.82) is 0 Å². The molecule has 0 amide bonds. The van der Waals surface area contributed by atoms with E-state index in [4.69, 9.17) is 9.47 Å². The quantitative estimate of drug-likeness (QED) is 0.677. The molecule has 0 aliphatic carbocycles. The number of hydrogen-bond donors (Lipinski definition) is 2.